The lowest BCUT2D eigenvalue weighted by Crippen LogP contribution is -2.38. The number of carbonyl (C=O) groups excluding carboxylic acids is 2. The summed E-state index contributed by atoms with van der Waals surface area (Å²) < 4.78 is 28.5. The highest BCUT2D eigenvalue weighted by Gasteiger charge is 2.27. The molecule has 1 aliphatic carbocycles. The molecule has 2 heterocycles. The van der Waals surface area contributed by atoms with E-state index in [1.807, 2.05) is 6.07 Å². The van der Waals surface area contributed by atoms with E-state index in [2.05, 4.69) is 15.4 Å². The molecule has 0 radical (unpaired) electrons. The average molecular weight is 425 g/mol. The normalized spacial score (nSPS) is 12.5. The minimum absolute atomic E-state index is 0.178. The van der Waals surface area contributed by atoms with Crippen LogP contribution in [-0.2, 0) is 24.2 Å². The maximum absolute atomic E-state index is 13.7. The first-order valence-corrected chi connectivity index (χ1v) is 9.91. The van der Waals surface area contributed by atoms with Crippen LogP contribution in [0.5, 0.6) is 0 Å². The second-order valence-corrected chi connectivity index (χ2v) is 7.43. The van der Waals surface area contributed by atoms with Gasteiger partial charge in [-0.3, -0.25) is 14.6 Å². The first kappa shape index (κ1) is 20.6. The van der Waals surface area contributed by atoms with Crippen LogP contribution in [0.15, 0.2) is 42.7 Å². The topological polar surface area (TPSA) is 80.1 Å². The molecule has 9 heteroatoms. The monoisotopic (exact) mass is 425 g/mol. The molecule has 0 bridgehead atoms. The molecule has 160 valence electrons. The third kappa shape index (κ3) is 4.30. The number of amides is 2. The summed E-state index contributed by atoms with van der Waals surface area (Å²) in [6.07, 6.45) is 5.52. The number of nitrogens with one attached hydrogen (secondary N) is 1. The molecule has 0 saturated carbocycles. The van der Waals surface area contributed by atoms with E-state index in [1.54, 1.807) is 25.5 Å². The zero-order chi connectivity index (χ0) is 22.0. The van der Waals surface area contributed by atoms with Crippen LogP contribution >= 0.6 is 0 Å². The van der Waals surface area contributed by atoms with Gasteiger partial charge in [0.25, 0.3) is 5.91 Å². The number of nitrogens with zero attached hydrogens (tertiary/aromatic N) is 4. The number of hydrogen-bond donors (Lipinski definition) is 1. The third-order valence-corrected chi connectivity index (χ3v) is 5.26. The number of hydrogen-bond acceptors (Lipinski definition) is 4. The Bertz CT molecular complexity index is 1130. The maximum atomic E-state index is 13.7. The molecule has 0 saturated heterocycles. The number of benzene rings is 1. The van der Waals surface area contributed by atoms with E-state index < -0.39 is 17.5 Å². The molecule has 0 fully saturated rings. The summed E-state index contributed by atoms with van der Waals surface area (Å²) in [5, 5.41) is 6.97. The molecule has 3 aromatic rings. The molecule has 7 nitrogen and oxygen atoms in total. The van der Waals surface area contributed by atoms with E-state index in [4.69, 9.17) is 0 Å². The van der Waals surface area contributed by atoms with Crippen molar-refractivity contribution in [1.29, 1.82) is 0 Å². The van der Waals surface area contributed by atoms with Gasteiger partial charge in [0, 0.05) is 43.3 Å². The molecule has 2 amide bonds. The van der Waals surface area contributed by atoms with E-state index in [1.165, 1.54) is 15.6 Å². The second-order valence-electron chi connectivity index (χ2n) is 7.43. The Kier molecular flexibility index (Phi) is 5.75. The first-order valence-electron chi connectivity index (χ1n) is 9.91. The van der Waals surface area contributed by atoms with Crippen molar-refractivity contribution in [3.05, 3.63) is 76.9 Å². The molecule has 0 atom stereocenters. The summed E-state index contributed by atoms with van der Waals surface area (Å²) in [5.41, 5.74) is 3.02. The summed E-state index contributed by atoms with van der Waals surface area (Å²) in [4.78, 5) is 30.7. The Labute approximate surface area is 177 Å². The molecule has 0 spiro atoms. The van der Waals surface area contributed by atoms with Crippen molar-refractivity contribution in [2.75, 3.05) is 13.6 Å². The van der Waals surface area contributed by atoms with Gasteiger partial charge < -0.3 is 10.2 Å². The first-order chi connectivity index (χ1) is 14.9. The fourth-order valence-electron chi connectivity index (χ4n) is 3.68. The fourth-order valence-corrected chi connectivity index (χ4v) is 3.68. The van der Waals surface area contributed by atoms with Crippen LogP contribution in [0, 0.1) is 11.6 Å². The molecule has 1 aliphatic rings. The molecule has 2 aromatic heterocycles. The number of likely N-dealkylation sites (N-methyl/N-ethyl adjacent to an activating group) is 1. The van der Waals surface area contributed by atoms with Gasteiger partial charge in [-0.25, -0.2) is 13.5 Å². The van der Waals surface area contributed by atoms with E-state index in [0.29, 0.717) is 25.1 Å². The van der Waals surface area contributed by atoms with Crippen LogP contribution in [-0.4, -0.2) is 45.1 Å². The van der Waals surface area contributed by atoms with Crippen LogP contribution in [0.3, 0.4) is 0 Å². The molecular weight excluding hydrogens is 404 g/mol. The van der Waals surface area contributed by atoms with Gasteiger partial charge >= 0.3 is 0 Å². The van der Waals surface area contributed by atoms with Crippen molar-refractivity contribution in [1.82, 2.24) is 25.0 Å². The van der Waals surface area contributed by atoms with Crippen molar-refractivity contribution < 1.29 is 18.4 Å². The molecule has 31 heavy (non-hydrogen) atoms. The van der Waals surface area contributed by atoms with Gasteiger partial charge in [-0.05, 0) is 43.0 Å². The number of fused-ring (bicyclic) bond motifs is 1. The molecule has 0 aliphatic heterocycles. The molecule has 1 aromatic carbocycles. The van der Waals surface area contributed by atoms with Gasteiger partial charge in [0.1, 0.15) is 0 Å². The van der Waals surface area contributed by atoms with E-state index in [-0.39, 0.29) is 18.1 Å². The summed E-state index contributed by atoms with van der Waals surface area (Å²) in [7, 11) is 1.65. The van der Waals surface area contributed by atoms with E-state index in [9.17, 15) is 18.4 Å². The highest BCUT2D eigenvalue weighted by atomic mass is 19.2. The van der Waals surface area contributed by atoms with E-state index in [0.717, 1.165) is 35.4 Å². The van der Waals surface area contributed by atoms with E-state index >= 15 is 0 Å². The van der Waals surface area contributed by atoms with Gasteiger partial charge in [0.05, 0.1) is 12.2 Å². The van der Waals surface area contributed by atoms with Crippen molar-refractivity contribution >= 4 is 11.8 Å². The number of halogens is 2. The molecule has 4 rings (SSSR count). The Morgan fingerprint density at radius 2 is 2.03 bits per heavy atom. The SMILES string of the molecule is CN(Cc1cccnc1)C(=O)CNC(=O)c1nn(-c2ccc(F)c(F)c2)c2c1CCC2. The van der Waals surface area contributed by atoms with Crippen molar-refractivity contribution in [2.45, 2.75) is 25.8 Å². The predicted octanol–water partition coefficient (Wildman–Crippen LogP) is 2.42. The molecule has 0 unspecified atom stereocenters. The van der Waals surface area contributed by atoms with Crippen molar-refractivity contribution in [2.24, 2.45) is 0 Å². The average Bonchev–Trinajstić information content (AvgIpc) is 3.37. The number of aromatic nitrogens is 3. The van der Waals surface area contributed by atoms with Gasteiger partial charge in [-0.15, -0.1) is 0 Å². The number of carbonyl (C=O) groups is 2. The summed E-state index contributed by atoms with van der Waals surface area (Å²) in [6.45, 7) is 0.200. The van der Waals surface area contributed by atoms with Crippen LogP contribution in [0.1, 0.15) is 33.7 Å². The highest BCUT2D eigenvalue weighted by Crippen LogP contribution is 2.28. The Balaban J connectivity index is 1.46. The fraction of sp³-hybridized carbons (Fsp3) is 0.273. The summed E-state index contributed by atoms with van der Waals surface area (Å²) in [6, 6.07) is 7.16. The highest BCUT2D eigenvalue weighted by molar-refractivity contribution is 5.96. The summed E-state index contributed by atoms with van der Waals surface area (Å²) in [5.74, 6) is -2.65. The third-order valence-electron chi connectivity index (χ3n) is 5.26. The van der Waals surface area contributed by atoms with Gasteiger partial charge in [-0.2, -0.15) is 5.10 Å². The van der Waals surface area contributed by atoms with Crippen molar-refractivity contribution in [3.8, 4) is 5.69 Å². The van der Waals surface area contributed by atoms with Gasteiger partial charge in [0.2, 0.25) is 5.91 Å². The Morgan fingerprint density at radius 3 is 2.77 bits per heavy atom. The van der Waals surface area contributed by atoms with Crippen molar-refractivity contribution in [3.63, 3.8) is 0 Å². The Morgan fingerprint density at radius 1 is 1.19 bits per heavy atom. The minimum atomic E-state index is -0.979. The van der Waals surface area contributed by atoms with Crippen LogP contribution in [0.4, 0.5) is 8.78 Å². The zero-order valence-corrected chi connectivity index (χ0v) is 16.9. The maximum Gasteiger partial charge on any atom is 0.272 e. The Hall–Kier alpha value is -3.62. The van der Waals surface area contributed by atoms with Gasteiger partial charge in [0.15, 0.2) is 17.3 Å². The lowest BCUT2D eigenvalue weighted by molar-refractivity contribution is -0.129. The standard InChI is InChI=1S/C22H21F2N5O2/c1-28(13-14-4-3-9-25-11-14)20(30)12-26-22(31)21-16-5-2-6-19(16)29(27-21)15-7-8-17(23)18(24)10-15/h3-4,7-11H,2,5-6,12-13H2,1H3,(H,26,31). The quantitative estimate of drug-likeness (QED) is 0.658. The lowest BCUT2D eigenvalue weighted by atomic mass is 10.2. The zero-order valence-electron chi connectivity index (χ0n) is 16.9. The minimum Gasteiger partial charge on any atom is -0.342 e. The number of pyridine rings is 1. The van der Waals surface area contributed by atoms with Crippen LogP contribution in [0.25, 0.3) is 5.69 Å². The van der Waals surface area contributed by atoms with Gasteiger partial charge in [-0.1, -0.05) is 6.07 Å². The smallest absolute Gasteiger partial charge is 0.272 e. The largest absolute Gasteiger partial charge is 0.342 e. The summed E-state index contributed by atoms with van der Waals surface area (Å²) >= 11 is 0. The van der Waals surface area contributed by atoms with Crippen LogP contribution < -0.4 is 5.32 Å². The number of rotatable bonds is 6. The molecule has 1 N–H and O–H groups in total. The predicted molar refractivity (Wildman–Crippen MR) is 109 cm³/mol. The van der Waals surface area contributed by atoms with Crippen LogP contribution in [0.2, 0.25) is 0 Å². The molecular formula is C22H21F2N5O2. The second kappa shape index (κ2) is 8.63. The lowest BCUT2D eigenvalue weighted by Gasteiger charge is -2.17.